The Morgan fingerprint density at radius 2 is 1.25 bits per heavy atom. The van der Waals surface area contributed by atoms with E-state index in [2.05, 4.69) is 142 Å². The minimum absolute atomic E-state index is 0.899. The molecule has 0 unspecified atom stereocenters. The molecule has 8 aromatic rings. The number of fused-ring (bicyclic) bond motifs is 11. The van der Waals surface area contributed by atoms with E-state index in [9.17, 15) is 0 Å². The molecule has 6 heteroatoms. The van der Waals surface area contributed by atoms with Gasteiger partial charge in [0.1, 0.15) is 11.2 Å². The Balaban J connectivity index is 1.59. The number of furan rings is 1. The highest BCUT2D eigenvalue weighted by Crippen LogP contribution is 2.47. The Morgan fingerprint density at radius 1 is 0.523 bits per heavy atom. The highest BCUT2D eigenvalue weighted by atomic mass is 32.2. The van der Waals surface area contributed by atoms with E-state index >= 15 is 0 Å². The van der Waals surface area contributed by atoms with Gasteiger partial charge in [0.15, 0.2) is 0 Å². The second-order valence-corrected chi connectivity index (χ2v) is 13.1. The zero-order chi connectivity index (χ0) is 29.1. The van der Waals surface area contributed by atoms with Gasteiger partial charge >= 0.3 is 0 Å². The van der Waals surface area contributed by atoms with Crippen LogP contribution in [0.3, 0.4) is 0 Å². The Morgan fingerprint density at radius 3 is 2.09 bits per heavy atom. The maximum atomic E-state index is 6.65. The number of rotatable bonds is 3. The molecule has 0 N–H and O–H groups in total. The fraction of sp³-hybridized carbons (Fsp3) is 0.0526. The van der Waals surface area contributed by atoms with Gasteiger partial charge in [0.25, 0.3) is 0 Å². The van der Waals surface area contributed by atoms with E-state index in [0.717, 1.165) is 44.2 Å². The molecule has 4 nitrogen and oxygen atoms in total. The summed E-state index contributed by atoms with van der Waals surface area (Å²) < 4.78 is 14.0. The van der Waals surface area contributed by atoms with Gasteiger partial charge in [0, 0.05) is 53.9 Å². The molecule has 10 rings (SSSR count). The van der Waals surface area contributed by atoms with Gasteiger partial charge < -0.3 is 8.98 Å². The first-order valence-electron chi connectivity index (χ1n) is 14.7. The summed E-state index contributed by atoms with van der Waals surface area (Å²) in [7, 11) is 0. The maximum absolute atomic E-state index is 6.65. The number of hydrogen-bond donors (Lipinski definition) is 0. The Hall–Kier alpha value is -4.78. The van der Waals surface area contributed by atoms with E-state index in [4.69, 9.17) is 4.42 Å². The van der Waals surface area contributed by atoms with Crippen molar-refractivity contribution in [2.75, 3.05) is 12.5 Å². The molecule has 6 aromatic carbocycles. The molecule has 0 saturated carbocycles. The fourth-order valence-electron chi connectivity index (χ4n) is 7.37. The van der Waals surface area contributed by atoms with E-state index in [1.807, 2.05) is 0 Å². The summed E-state index contributed by atoms with van der Waals surface area (Å²) >= 11 is 3.54. The monoisotopic (exact) mass is 603 g/mol. The second-order valence-electron chi connectivity index (χ2n) is 11.3. The van der Waals surface area contributed by atoms with Crippen LogP contribution in [-0.2, 0) is 0 Å². The summed E-state index contributed by atoms with van der Waals surface area (Å²) in [5.41, 5.74) is 9.92. The van der Waals surface area contributed by atoms with Crippen molar-refractivity contribution in [3.05, 3.63) is 115 Å². The molecule has 0 radical (unpaired) electrons. The SMILES string of the molecule is CSc1ccc(-n2c3cc4oc5ccccc5c4c4c3-n(c3cc(SC)ccc32)n2c3ccccc3c3cccc4c32)cc1. The van der Waals surface area contributed by atoms with Crippen molar-refractivity contribution < 1.29 is 4.42 Å². The van der Waals surface area contributed by atoms with Crippen molar-refractivity contribution in [1.29, 1.82) is 0 Å². The van der Waals surface area contributed by atoms with Crippen LogP contribution < -0.4 is 0 Å². The van der Waals surface area contributed by atoms with Crippen molar-refractivity contribution in [1.82, 2.24) is 13.8 Å². The Bertz CT molecular complexity index is 2740. The number of aromatic nitrogens is 3. The van der Waals surface area contributed by atoms with Crippen LogP contribution in [0, 0.1) is 0 Å². The molecule has 2 aliphatic heterocycles. The average molecular weight is 604 g/mol. The Kier molecular flexibility index (Phi) is 4.97. The molecule has 4 heterocycles. The third-order valence-corrected chi connectivity index (χ3v) is 10.7. The molecular formula is C38H25N3OS2. The second kappa shape index (κ2) is 8.88. The molecular weight excluding hydrogens is 579 g/mol. The van der Waals surface area contributed by atoms with E-state index < -0.39 is 0 Å². The summed E-state index contributed by atoms with van der Waals surface area (Å²) in [6, 6.07) is 42.0. The zero-order valence-electron chi connectivity index (χ0n) is 24.0. The van der Waals surface area contributed by atoms with E-state index in [0.29, 0.717) is 0 Å². The van der Waals surface area contributed by atoms with E-state index in [1.54, 1.807) is 23.5 Å². The van der Waals surface area contributed by atoms with Crippen molar-refractivity contribution in [2.24, 2.45) is 0 Å². The molecule has 0 atom stereocenters. The van der Waals surface area contributed by atoms with Crippen LogP contribution in [0.1, 0.15) is 0 Å². The number of nitrogens with zero attached hydrogens (tertiary/aromatic N) is 3. The third-order valence-electron chi connectivity index (χ3n) is 9.19. The lowest BCUT2D eigenvalue weighted by Gasteiger charge is -2.27. The van der Waals surface area contributed by atoms with Gasteiger partial charge in [-0.25, -0.2) is 9.20 Å². The van der Waals surface area contributed by atoms with Gasteiger partial charge in [-0.2, -0.15) is 0 Å². The highest BCUT2D eigenvalue weighted by Gasteiger charge is 2.28. The first kappa shape index (κ1) is 24.6. The molecule has 0 aliphatic carbocycles. The van der Waals surface area contributed by atoms with Gasteiger partial charge in [-0.3, -0.25) is 0 Å². The minimum atomic E-state index is 0.899. The molecule has 210 valence electrons. The number of para-hydroxylation sites is 3. The van der Waals surface area contributed by atoms with Gasteiger partial charge in [-0.1, -0.05) is 54.6 Å². The normalized spacial score (nSPS) is 12.5. The smallest absolute Gasteiger partial charge is 0.138 e. The highest BCUT2D eigenvalue weighted by molar-refractivity contribution is 7.98. The molecule has 0 saturated heterocycles. The summed E-state index contributed by atoms with van der Waals surface area (Å²) in [6.45, 7) is 0. The van der Waals surface area contributed by atoms with Crippen LogP contribution >= 0.6 is 23.5 Å². The molecule has 44 heavy (non-hydrogen) atoms. The number of hydrogen-bond acceptors (Lipinski definition) is 3. The first-order valence-corrected chi connectivity index (χ1v) is 17.1. The standard InChI is InChI=1S/C38H25N3OS2/c1-43-23-16-14-22(15-17-23)39-30-19-18-24(44-2)20-31(30)41-38-32(39)21-34-35(27-9-4-6-13-33(27)42-34)36(38)28-11-7-10-26-25-8-3-5-12-29(25)40(41)37(26)28/h3-21H,1-2H3. The van der Waals surface area contributed by atoms with Crippen LogP contribution in [0.5, 0.6) is 0 Å². The number of thioether (sulfide) groups is 2. The van der Waals surface area contributed by atoms with Gasteiger partial charge in [0.05, 0.1) is 33.3 Å². The van der Waals surface area contributed by atoms with Gasteiger partial charge in [0.2, 0.25) is 0 Å². The predicted molar refractivity (Wildman–Crippen MR) is 188 cm³/mol. The van der Waals surface area contributed by atoms with Crippen molar-refractivity contribution in [3.63, 3.8) is 0 Å². The predicted octanol–water partition coefficient (Wildman–Crippen LogP) is 10.9. The molecule has 2 aliphatic rings. The molecule has 0 bridgehead atoms. The lowest BCUT2D eigenvalue weighted by atomic mass is 9.99. The minimum Gasteiger partial charge on any atom is -0.456 e. The summed E-state index contributed by atoms with van der Waals surface area (Å²) in [6.07, 6.45) is 4.28. The topological polar surface area (TPSA) is 27.4 Å². The number of benzene rings is 6. The lowest BCUT2D eigenvalue weighted by Crippen LogP contribution is -2.16. The average Bonchev–Trinajstić information content (AvgIpc) is 3.62. The summed E-state index contributed by atoms with van der Waals surface area (Å²) in [5.74, 6) is 0. The molecule has 0 spiro atoms. The molecule has 0 amide bonds. The summed E-state index contributed by atoms with van der Waals surface area (Å²) in [5, 5.41) is 7.26. The van der Waals surface area contributed by atoms with Crippen molar-refractivity contribution >= 4 is 94.6 Å². The van der Waals surface area contributed by atoms with Crippen LogP contribution in [0.15, 0.2) is 129 Å². The largest absolute Gasteiger partial charge is 0.456 e. The third kappa shape index (κ3) is 3.06. The van der Waals surface area contributed by atoms with Crippen molar-refractivity contribution in [2.45, 2.75) is 9.79 Å². The van der Waals surface area contributed by atoms with Gasteiger partial charge in [-0.15, -0.1) is 23.5 Å². The zero-order valence-corrected chi connectivity index (χ0v) is 25.7. The van der Waals surface area contributed by atoms with Crippen LogP contribution in [0.4, 0.5) is 0 Å². The fourth-order valence-corrected chi connectivity index (χ4v) is 8.21. The van der Waals surface area contributed by atoms with E-state index in [-0.39, 0.29) is 0 Å². The van der Waals surface area contributed by atoms with Crippen LogP contribution in [0.25, 0.3) is 82.4 Å². The lowest BCUT2D eigenvalue weighted by molar-refractivity contribution is 0.669. The molecule has 2 aromatic heterocycles. The molecule has 0 fully saturated rings. The summed E-state index contributed by atoms with van der Waals surface area (Å²) in [4.78, 5) is 2.48. The van der Waals surface area contributed by atoms with Crippen LogP contribution in [-0.4, -0.2) is 26.3 Å². The van der Waals surface area contributed by atoms with E-state index in [1.165, 1.54) is 48.1 Å². The quantitative estimate of drug-likeness (QED) is 0.114. The van der Waals surface area contributed by atoms with Crippen LogP contribution in [0.2, 0.25) is 0 Å². The Labute approximate surface area is 260 Å². The van der Waals surface area contributed by atoms with Crippen molar-refractivity contribution in [3.8, 4) is 11.4 Å². The maximum Gasteiger partial charge on any atom is 0.138 e. The first-order chi connectivity index (χ1) is 21.7. The van der Waals surface area contributed by atoms with Gasteiger partial charge in [-0.05, 0) is 67.1 Å².